The summed E-state index contributed by atoms with van der Waals surface area (Å²) in [5.41, 5.74) is 1.42. The summed E-state index contributed by atoms with van der Waals surface area (Å²) in [6.07, 6.45) is 5.48. The van der Waals surface area contributed by atoms with E-state index < -0.39 is 0 Å². The molecule has 1 aliphatic rings. The first-order valence-corrected chi connectivity index (χ1v) is 8.46. The van der Waals surface area contributed by atoms with Gasteiger partial charge in [0.25, 0.3) is 0 Å². The molecule has 3 rings (SSSR count). The van der Waals surface area contributed by atoms with Crippen LogP contribution < -0.4 is 5.32 Å². The van der Waals surface area contributed by atoms with E-state index in [1.54, 1.807) is 18.5 Å². The molecule has 0 saturated carbocycles. The highest BCUT2D eigenvalue weighted by atomic mass is 16.2. The minimum Gasteiger partial charge on any atom is -0.293 e. The van der Waals surface area contributed by atoms with Crippen molar-refractivity contribution < 1.29 is 4.79 Å². The number of carbonyl (C=O) groups excluding carboxylic acids is 1. The molecule has 0 spiro atoms. The number of nitrogens with one attached hydrogen (secondary N) is 1. The standard InChI is InChI=1S/C19H24N4O/c1-15(17(24)22-18-20-11-7-12-21-18)23-13-6-10-19(2,14-23)16-8-4-3-5-9-16/h3-5,7-9,11-12,15H,6,10,13-14H2,1-2H3,(H,20,21,22,24). The van der Waals surface area contributed by atoms with Crippen LogP contribution in [-0.2, 0) is 10.2 Å². The molecule has 0 bridgehead atoms. The lowest BCUT2D eigenvalue weighted by Crippen LogP contribution is -2.51. The second-order valence-corrected chi connectivity index (χ2v) is 6.74. The molecule has 1 amide bonds. The summed E-state index contributed by atoms with van der Waals surface area (Å²) in [7, 11) is 0. The molecule has 5 heteroatoms. The zero-order valence-electron chi connectivity index (χ0n) is 14.3. The summed E-state index contributed by atoms with van der Waals surface area (Å²) in [6.45, 7) is 6.06. The molecule has 1 fully saturated rings. The van der Waals surface area contributed by atoms with Gasteiger partial charge >= 0.3 is 0 Å². The summed E-state index contributed by atoms with van der Waals surface area (Å²) in [6, 6.07) is 12.1. The average Bonchev–Trinajstić information content (AvgIpc) is 2.63. The first-order chi connectivity index (χ1) is 11.6. The molecular weight excluding hydrogens is 300 g/mol. The highest BCUT2D eigenvalue weighted by Crippen LogP contribution is 2.34. The third kappa shape index (κ3) is 3.62. The molecule has 5 nitrogen and oxygen atoms in total. The molecule has 2 atom stereocenters. The molecule has 0 aliphatic carbocycles. The molecule has 0 radical (unpaired) electrons. The second-order valence-electron chi connectivity index (χ2n) is 6.74. The first-order valence-electron chi connectivity index (χ1n) is 8.46. The number of hydrogen-bond acceptors (Lipinski definition) is 4. The molecule has 1 aromatic heterocycles. The number of nitrogens with zero attached hydrogens (tertiary/aromatic N) is 3. The minimum atomic E-state index is -0.211. The first kappa shape index (κ1) is 16.6. The number of likely N-dealkylation sites (tertiary alicyclic amines) is 1. The molecule has 1 saturated heterocycles. The number of amides is 1. The normalized spacial score (nSPS) is 22.8. The van der Waals surface area contributed by atoms with E-state index in [0.29, 0.717) is 5.95 Å². The smallest absolute Gasteiger partial charge is 0.243 e. The van der Waals surface area contributed by atoms with Gasteiger partial charge in [0, 0.05) is 24.4 Å². The van der Waals surface area contributed by atoms with Gasteiger partial charge in [-0.2, -0.15) is 0 Å². The van der Waals surface area contributed by atoms with Gasteiger partial charge in [-0.25, -0.2) is 9.97 Å². The number of hydrogen-bond donors (Lipinski definition) is 1. The van der Waals surface area contributed by atoms with Gasteiger partial charge in [-0.1, -0.05) is 37.3 Å². The monoisotopic (exact) mass is 324 g/mol. The van der Waals surface area contributed by atoms with E-state index in [2.05, 4.69) is 51.4 Å². The van der Waals surface area contributed by atoms with Gasteiger partial charge in [0.1, 0.15) is 0 Å². The van der Waals surface area contributed by atoms with Crippen molar-refractivity contribution in [1.82, 2.24) is 14.9 Å². The van der Waals surface area contributed by atoms with Crippen molar-refractivity contribution in [1.29, 1.82) is 0 Å². The number of rotatable bonds is 4. The summed E-state index contributed by atoms with van der Waals surface area (Å²) >= 11 is 0. The Labute approximate surface area is 143 Å². The maximum Gasteiger partial charge on any atom is 0.243 e. The van der Waals surface area contributed by atoms with Gasteiger partial charge in [-0.3, -0.25) is 15.0 Å². The van der Waals surface area contributed by atoms with Gasteiger partial charge in [0.05, 0.1) is 6.04 Å². The summed E-state index contributed by atoms with van der Waals surface area (Å²) in [5, 5.41) is 2.80. The number of piperidine rings is 1. The van der Waals surface area contributed by atoms with Crippen molar-refractivity contribution >= 4 is 11.9 Å². The fraction of sp³-hybridized carbons (Fsp3) is 0.421. The Morgan fingerprint density at radius 3 is 2.62 bits per heavy atom. The SMILES string of the molecule is CC(C(=O)Nc1ncccn1)N1CCCC(C)(c2ccccc2)C1. The van der Waals surface area contributed by atoms with E-state index in [0.717, 1.165) is 25.9 Å². The van der Waals surface area contributed by atoms with E-state index in [1.165, 1.54) is 5.56 Å². The van der Waals surface area contributed by atoms with Crippen LogP contribution in [-0.4, -0.2) is 39.9 Å². The highest BCUT2D eigenvalue weighted by Gasteiger charge is 2.35. The Hall–Kier alpha value is -2.27. The third-order valence-electron chi connectivity index (χ3n) is 4.92. The van der Waals surface area contributed by atoms with E-state index >= 15 is 0 Å². The largest absolute Gasteiger partial charge is 0.293 e. The molecule has 1 aromatic carbocycles. The fourth-order valence-electron chi connectivity index (χ4n) is 3.43. The van der Waals surface area contributed by atoms with Crippen LogP contribution in [0, 0.1) is 0 Å². The van der Waals surface area contributed by atoms with Crippen molar-refractivity contribution in [2.24, 2.45) is 0 Å². The lowest BCUT2D eigenvalue weighted by Gasteiger charge is -2.43. The van der Waals surface area contributed by atoms with Crippen molar-refractivity contribution in [3.8, 4) is 0 Å². The van der Waals surface area contributed by atoms with Crippen LogP contribution in [0.25, 0.3) is 0 Å². The molecular formula is C19H24N4O. The van der Waals surface area contributed by atoms with Gasteiger partial charge in [0.2, 0.25) is 11.9 Å². The Bertz CT molecular complexity index is 676. The van der Waals surface area contributed by atoms with Crippen LogP contribution >= 0.6 is 0 Å². The zero-order valence-corrected chi connectivity index (χ0v) is 14.3. The van der Waals surface area contributed by atoms with Crippen LogP contribution in [0.5, 0.6) is 0 Å². The Balaban J connectivity index is 1.69. The molecule has 2 heterocycles. The second kappa shape index (κ2) is 7.09. The Morgan fingerprint density at radius 2 is 1.92 bits per heavy atom. The van der Waals surface area contributed by atoms with Gasteiger partial charge < -0.3 is 0 Å². The van der Waals surface area contributed by atoms with Crippen molar-refractivity contribution in [3.05, 3.63) is 54.4 Å². The molecule has 2 unspecified atom stereocenters. The van der Waals surface area contributed by atoms with E-state index in [9.17, 15) is 4.79 Å². The van der Waals surface area contributed by atoms with E-state index in [1.807, 2.05) is 13.0 Å². The van der Waals surface area contributed by atoms with Gasteiger partial charge in [-0.05, 0) is 37.9 Å². The van der Waals surface area contributed by atoms with Crippen molar-refractivity contribution in [3.63, 3.8) is 0 Å². The maximum atomic E-state index is 12.5. The lowest BCUT2D eigenvalue weighted by atomic mass is 9.75. The Morgan fingerprint density at radius 1 is 1.21 bits per heavy atom. The average molecular weight is 324 g/mol. The predicted octanol–water partition coefficient (Wildman–Crippen LogP) is 2.86. The number of benzene rings is 1. The van der Waals surface area contributed by atoms with Crippen molar-refractivity contribution in [2.45, 2.75) is 38.1 Å². The van der Waals surface area contributed by atoms with Crippen LogP contribution in [0.4, 0.5) is 5.95 Å². The van der Waals surface area contributed by atoms with Crippen LogP contribution in [0.3, 0.4) is 0 Å². The van der Waals surface area contributed by atoms with E-state index in [4.69, 9.17) is 0 Å². The number of anilines is 1. The summed E-state index contributed by atoms with van der Waals surface area (Å²) in [4.78, 5) is 22.9. The number of aromatic nitrogens is 2. The van der Waals surface area contributed by atoms with Crippen molar-refractivity contribution in [2.75, 3.05) is 18.4 Å². The van der Waals surface area contributed by atoms with Crippen LogP contribution in [0.15, 0.2) is 48.8 Å². The molecule has 1 N–H and O–H groups in total. The summed E-state index contributed by atoms with van der Waals surface area (Å²) in [5.74, 6) is 0.302. The molecule has 126 valence electrons. The lowest BCUT2D eigenvalue weighted by molar-refractivity contribution is -0.121. The van der Waals surface area contributed by atoms with Crippen LogP contribution in [0.2, 0.25) is 0 Å². The topological polar surface area (TPSA) is 58.1 Å². The number of carbonyl (C=O) groups is 1. The van der Waals surface area contributed by atoms with Crippen LogP contribution in [0.1, 0.15) is 32.3 Å². The molecule has 1 aliphatic heterocycles. The predicted molar refractivity (Wildman–Crippen MR) is 94.7 cm³/mol. The molecule has 2 aromatic rings. The maximum absolute atomic E-state index is 12.5. The Kier molecular flexibility index (Phi) is 4.90. The molecule has 24 heavy (non-hydrogen) atoms. The minimum absolute atomic E-state index is 0.0569. The summed E-state index contributed by atoms with van der Waals surface area (Å²) < 4.78 is 0. The zero-order chi connectivity index (χ0) is 17.0. The fourth-order valence-corrected chi connectivity index (χ4v) is 3.43. The third-order valence-corrected chi connectivity index (χ3v) is 4.92. The quantitative estimate of drug-likeness (QED) is 0.939. The van der Waals surface area contributed by atoms with Gasteiger partial charge in [-0.15, -0.1) is 0 Å². The van der Waals surface area contributed by atoms with Gasteiger partial charge in [0.15, 0.2) is 0 Å². The van der Waals surface area contributed by atoms with E-state index in [-0.39, 0.29) is 17.4 Å². The highest BCUT2D eigenvalue weighted by molar-refractivity contribution is 5.93.